The maximum Gasteiger partial charge on any atom is 0.144 e. The van der Waals surface area contributed by atoms with Crippen LogP contribution in [-0.4, -0.2) is 25.6 Å². The molecule has 0 heterocycles. The Balaban J connectivity index is 3.82. The molecule has 0 aliphatic heterocycles. The summed E-state index contributed by atoms with van der Waals surface area (Å²) < 4.78 is 5.50. The third-order valence-corrected chi connectivity index (χ3v) is 6.35. The SMILES string of the molecule is CC[P+](CC)(CC)OC. The summed E-state index contributed by atoms with van der Waals surface area (Å²) >= 11 is 0. The molecule has 0 amide bonds. The molecule has 0 aliphatic rings. The zero-order valence-corrected chi connectivity index (χ0v) is 7.87. The first kappa shape index (κ1) is 9.39. The highest BCUT2D eigenvalue weighted by Gasteiger charge is 2.30. The molecule has 0 rings (SSSR count). The molecular weight excluding hydrogens is 131 g/mol. The standard InChI is InChI=1S/C7H18OP/c1-5-9(6-2,7-3)8-4/h5-7H2,1-4H3/q+1. The van der Waals surface area contributed by atoms with Gasteiger partial charge in [-0.25, -0.2) is 4.52 Å². The smallest absolute Gasteiger partial charge is 0.144 e. The summed E-state index contributed by atoms with van der Waals surface area (Å²) in [7, 11) is 0.932. The molecule has 0 aromatic carbocycles. The lowest BCUT2D eigenvalue weighted by Gasteiger charge is -2.18. The van der Waals surface area contributed by atoms with E-state index in [0.29, 0.717) is 0 Å². The van der Waals surface area contributed by atoms with Crippen molar-refractivity contribution < 1.29 is 4.52 Å². The van der Waals surface area contributed by atoms with Gasteiger partial charge in [-0.1, -0.05) is 0 Å². The second-order valence-electron chi connectivity index (χ2n) is 2.19. The first-order chi connectivity index (χ1) is 4.24. The monoisotopic (exact) mass is 149 g/mol. The molecule has 0 N–H and O–H groups in total. The van der Waals surface area contributed by atoms with E-state index in [1.54, 1.807) is 0 Å². The van der Waals surface area contributed by atoms with Crippen LogP contribution in [0.25, 0.3) is 0 Å². The molecule has 2 heteroatoms. The fraction of sp³-hybridized carbons (Fsp3) is 1.00. The van der Waals surface area contributed by atoms with Gasteiger partial charge in [0, 0.05) is 0 Å². The Hall–Kier alpha value is 0.390. The Morgan fingerprint density at radius 1 is 1.00 bits per heavy atom. The molecule has 0 saturated carbocycles. The third kappa shape index (κ3) is 2.23. The van der Waals surface area contributed by atoms with Crippen molar-refractivity contribution in [3.63, 3.8) is 0 Å². The summed E-state index contributed by atoms with van der Waals surface area (Å²) in [5, 5.41) is 0. The Bertz CT molecular complexity index is 51.8. The predicted octanol–water partition coefficient (Wildman–Crippen LogP) is 2.63. The molecule has 0 fully saturated rings. The van der Waals surface area contributed by atoms with Crippen molar-refractivity contribution in [1.29, 1.82) is 0 Å². The van der Waals surface area contributed by atoms with Crippen LogP contribution >= 0.6 is 7.49 Å². The van der Waals surface area contributed by atoms with Crippen molar-refractivity contribution in [2.24, 2.45) is 0 Å². The van der Waals surface area contributed by atoms with Crippen LogP contribution in [0.5, 0.6) is 0 Å². The molecular formula is C7H18OP+. The van der Waals surface area contributed by atoms with E-state index in [-0.39, 0.29) is 0 Å². The molecule has 56 valence electrons. The second-order valence-corrected chi connectivity index (χ2v) is 6.57. The first-order valence-electron chi connectivity index (χ1n) is 3.66. The van der Waals surface area contributed by atoms with Gasteiger partial charge in [-0.2, -0.15) is 0 Å². The number of hydrogen-bond donors (Lipinski definition) is 0. The normalized spacial score (nSPS) is 12.0. The van der Waals surface area contributed by atoms with Crippen molar-refractivity contribution in [2.45, 2.75) is 20.8 Å². The minimum absolute atomic E-state index is 0.920. The minimum atomic E-state index is -0.920. The summed E-state index contributed by atoms with van der Waals surface area (Å²) in [5.41, 5.74) is 0. The maximum absolute atomic E-state index is 5.50. The molecule has 0 atom stereocenters. The van der Waals surface area contributed by atoms with Gasteiger partial charge < -0.3 is 0 Å². The zero-order valence-electron chi connectivity index (χ0n) is 6.98. The summed E-state index contributed by atoms with van der Waals surface area (Å²) in [5.74, 6) is 0. The zero-order chi connectivity index (χ0) is 7.33. The fourth-order valence-corrected chi connectivity index (χ4v) is 3.17. The van der Waals surface area contributed by atoms with Crippen LogP contribution in [0, 0.1) is 0 Å². The average Bonchev–Trinajstić information content (AvgIpc) is 1.95. The molecule has 0 aromatic heterocycles. The van der Waals surface area contributed by atoms with E-state index < -0.39 is 7.49 Å². The Labute approximate surface area is 59.2 Å². The topological polar surface area (TPSA) is 9.23 Å². The third-order valence-electron chi connectivity index (χ3n) is 2.12. The van der Waals surface area contributed by atoms with Gasteiger partial charge in [0.2, 0.25) is 0 Å². The molecule has 9 heavy (non-hydrogen) atoms. The van der Waals surface area contributed by atoms with Crippen LogP contribution in [-0.2, 0) is 4.52 Å². The van der Waals surface area contributed by atoms with Gasteiger partial charge in [-0.3, -0.25) is 0 Å². The van der Waals surface area contributed by atoms with Crippen LogP contribution in [0.4, 0.5) is 0 Å². The number of rotatable bonds is 4. The van der Waals surface area contributed by atoms with Crippen LogP contribution in [0.3, 0.4) is 0 Å². The Morgan fingerprint density at radius 2 is 1.33 bits per heavy atom. The highest BCUT2D eigenvalue weighted by atomic mass is 31.2. The highest BCUT2D eigenvalue weighted by molar-refractivity contribution is 7.71. The van der Waals surface area contributed by atoms with E-state index in [1.165, 1.54) is 18.5 Å². The van der Waals surface area contributed by atoms with E-state index in [0.717, 1.165) is 0 Å². The average molecular weight is 149 g/mol. The lowest BCUT2D eigenvalue weighted by molar-refractivity contribution is 0.445. The van der Waals surface area contributed by atoms with Gasteiger partial charge in [0.1, 0.15) is 7.49 Å². The van der Waals surface area contributed by atoms with Crippen molar-refractivity contribution in [3.8, 4) is 0 Å². The molecule has 0 saturated heterocycles. The van der Waals surface area contributed by atoms with Gasteiger partial charge in [0.25, 0.3) is 0 Å². The molecule has 1 nitrogen and oxygen atoms in total. The molecule has 0 radical (unpaired) electrons. The van der Waals surface area contributed by atoms with Crippen LogP contribution in [0.15, 0.2) is 0 Å². The summed E-state index contributed by atoms with van der Waals surface area (Å²) in [6.45, 7) is 6.68. The van der Waals surface area contributed by atoms with E-state index >= 15 is 0 Å². The first-order valence-corrected chi connectivity index (χ1v) is 5.92. The van der Waals surface area contributed by atoms with Crippen LogP contribution < -0.4 is 0 Å². The van der Waals surface area contributed by atoms with Crippen molar-refractivity contribution in [1.82, 2.24) is 0 Å². The molecule has 0 aromatic rings. The minimum Gasteiger partial charge on any atom is -0.241 e. The maximum atomic E-state index is 5.50. The summed E-state index contributed by atoms with van der Waals surface area (Å²) in [6.07, 6.45) is 3.70. The van der Waals surface area contributed by atoms with Gasteiger partial charge >= 0.3 is 0 Å². The highest BCUT2D eigenvalue weighted by Crippen LogP contribution is 2.57. The fourth-order valence-electron chi connectivity index (χ4n) is 1.06. The second kappa shape index (κ2) is 4.24. The molecule has 0 aliphatic carbocycles. The van der Waals surface area contributed by atoms with Crippen molar-refractivity contribution in [3.05, 3.63) is 0 Å². The quantitative estimate of drug-likeness (QED) is 0.558. The predicted molar refractivity (Wildman–Crippen MR) is 45.6 cm³/mol. The van der Waals surface area contributed by atoms with E-state index in [9.17, 15) is 0 Å². The van der Waals surface area contributed by atoms with Gasteiger partial charge in [0.05, 0.1) is 25.6 Å². The summed E-state index contributed by atoms with van der Waals surface area (Å²) in [4.78, 5) is 0. The molecule has 0 spiro atoms. The van der Waals surface area contributed by atoms with Gasteiger partial charge in [-0.15, -0.1) is 0 Å². The van der Waals surface area contributed by atoms with Crippen LogP contribution in [0.1, 0.15) is 20.8 Å². The van der Waals surface area contributed by atoms with E-state index in [1.807, 2.05) is 7.11 Å². The summed E-state index contributed by atoms with van der Waals surface area (Å²) in [6, 6.07) is 0. The van der Waals surface area contributed by atoms with Crippen LogP contribution in [0.2, 0.25) is 0 Å². The Kier molecular flexibility index (Phi) is 4.43. The largest absolute Gasteiger partial charge is 0.241 e. The Morgan fingerprint density at radius 3 is 1.33 bits per heavy atom. The lowest BCUT2D eigenvalue weighted by Crippen LogP contribution is -2.03. The molecule has 0 bridgehead atoms. The van der Waals surface area contributed by atoms with E-state index in [2.05, 4.69) is 20.8 Å². The van der Waals surface area contributed by atoms with Crippen molar-refractivity contribution >= 4 is 7.49 Å². The number of hydrogen-bond acceptors (Lipinski definition) is 1. The lowest BCUT2D eigenvalue weighted by atomic mass is 10.9. The van der Waals surface area contributed by atoms with Gasteiger partial charge in [-0.05, 0) is 20.8 Å². The molecule has 0 unspecified atom stereocenters. The van der Waals surface area contributed by atoms with Crippen molar-refractivity contribution in [2.75, 3.05) is 25.6 Å². The van der Waals surface area contributed by atoms with E-state index in [4.69, 9.17) is 4.52 Å². The van der Waals surface area contributed by atoms with Gasteiger partial charge in [0.15, 0.2) is 0 Å².